The van der Waals surface area contributed by atoms with Gasteiger partial charge in [0.2, 0.25) is 0 Å². The molecule has 1 amide bonds. The zero-order valence-corrected chi connectivity index (χ0v) is 16.2. The maximum atomic E-state index is 12.4. The highest BCUT2D eigenvalue weighted by Crippen LogP contribution is 2.22. The Morgan fingerprint density at radius 1 is 1.21 bits per heavy atom. The molecule has 8 nitrogen and oxygen atoms in total. The van der Waals surface area contributed by atoms with Crippen LogP contribution in [0.25, 0.3) is 10.9 Å². The molecule has 146 valence electrons. The van der Waals surface area contributed by atoms with Gasteiger partial charge in [0, 0.05) is 23.6 Å². The van der Waals surface area contributed by atoms with Crippen LogP contribution in [-0.4, -0.2) is 40.4 Å². The van der Waals surface area contributed by atoms with Gasteiger partial charge in [0.1, 0.15) is 11.6 Å². The largest absolute Gasteiger partial charge is 0.497 e. The van der Waals surface area contributed by atoms with Gasteiger partial charge in [-0.1, -0.05) is 0 Å². The zero-order valence-electron chi connectivity index (χ0n) is 16.2. The summed E-state index contributed by atoms with van der Waals surface area (Å²) in [5.74, 6) is 0.197. The molecule has 0 fully saturated rings. The summed E-state index contributed by atoms with van der Waals surface area (Å²) in [4.78, 5) is 29.0. The molecule has 0 aliphatic rings. The molecule has 3 aromatic rings. The van der Waals surface area contributed by atoms with Crippen molar-refractivity contribution < 1.29 is 19.1 Å². The van der Waals surface area contributed by atoms with Crippen LogP contribution in [-0.2, 0) is 9.53 Å². The third-order valence-corrected chi connectivity index (χ3v) is 4.20. The number of pyridine rings is 1. The van der Waals surface area contributed by atoms with Crippen LogP contribution >= 0.6 is 0 Å². The number of benzene rings is 1. The number of ether oxygens (including phenoxy) is 2. The maximum Gasteiger partial charge on any atom is 0.340 e. The van der Waals surface area contributed by atoms with Crippen molar-refractivity contribution in [3.05, 3.63) is 47.8 Å². The van der Waals surface area contributed by atoms with Gasteiger partial charge in [-0.05, 0) is 39.0 Å². The van der Waals surface area contributed by atoms with E-state index in [1.165, 1.54) is 0 Å². The van der Waals surface area contributed by atoms with Gasteiger partial charge in [-0.3, -0.25) is 9.78 Å². The number of methoxy groups -OCH3 is 1. The van der Waals surface area contributed by atoms with E-state index in [-0.39, 0.29) is 6.04 Å². The molecule has 0 radical (unpaired) electrons. The van der Waals surface area contributed by atoms with Gasteiger partial charge in [-0.25, -0.2) is 9.48 Å². The Labute approximate surface area is 162 Å². The number of aromatic nitrogens is 3. The molecule has 0 saturated heterocycles. The van der Waals surface area contributed by atoms with Crippen LogP contribution in [0, 0.1) is 6.92 Å². The monoisotopic (exact) mass is 382 g/mol. The average molecular weight is 382 g/mol. The first-order chi connectivity index (χ1) is 13.4. The minimum Gasteiger partial charge on any atom is -0.497 e. The van der Waals surface area contributed by atoms with Crippen LogP contribution in [0.1, 0.15) is 35.9 Å². The molecule has 0 aliphatic heterocycles. The highest BCUT2D eigenvalue weighted by molar-refractivity contribution is 5.98. The second-order valence-corrected chi connectivity index (χ2v) is 6.56. The Morgan fingerprint density at radius 2 is 2.00 bits per heavy atom. The van der Waals surface area contributed by atoms with Gasteiger partial charge < -0.3 is 14.8 Å². The van der Waals surface area contributed by atoms with E-state index in [1.807, 2.05) is 19.9 Å². The van der Waals surface area contributed by atoms with Crippen LogP contribution in [0.3, 0.4) is 0 Å². The van der Waals surface area contributed by atoms with E-state index in [4.69, 9.17) is 9.47 Å². The lowest BCUT2D eigenvalue weighted by Crippen LogP contribution is -2.23. The van der Waals surface area contributed by atoms with Crippen molar-refractivity contribution in [2.45, 2.75) is 26.8 Å². The van der Waals surface area contributed by atoms with Gasteiger partial charge >= 0.3 is 5.97 Å². The van der Waals surface area contributed by atoms with Gasteiger partial charge in [0.15, 0.2) is 6.61 Å². The van der Waals surface area contributed by atoms with Crippen molar-refractivity contribution in [3.63, 3.8) is 0 Å². The van der Waals surface area contributed by atoms with Crippen LogP contribution in [0.2, 0.25) is 0 Å². The van der Waals surface area contributed by atoms with Gasteiger partial charge in [0.25, 0.3) is 5.91 Å². The Hall–Kier alpha value is -3.42. The standard InChI is InChI=1S/C20H22N4O4/c1-12(2)24-18(7-8-21-24)23-19(25)11-28-20(26)16-9-14-5-6-15(27-4)10-17(14)22-13(16)3/h5-10,12H,11H2,1-4H3,(H,23,25). The van der Waals surface area contributed by atoms with Crippen molar-refractivity contribution in [1.82, 2.24) is 14.8 Å². The van der Waals surface area contributed by atoms with Crippen LogP contribution in [0.4, 0.5) is 5.82 Å². The highest BCUT2D eigenvalue weighted by atomic mass is 16.5. The first-order valence-corrected chi connectivity index (χ1v) is 8.85. The topological polar surface area (TPSA) is 95.3 Å². The molecule has 1 aromatic carbocycles. The normalized spacial score (nSPS) is 10.9. The first-order valence-electron chi connectivity index (χ1n) is 8.85. The summed E-state index contributed by atoms with van der Waals surface area (Å²) in [6.45, 7) is 5.22. The summed E-state index contributed by atoms with van der Waals surface area (Å²) in [5.41, 5.74) is 1.55. The number of esters is 1. The molecular formula is C20H22N4O4. The molecule has 1 N–H and O–H groups in total. The quantitative estimate of drug-likeness (QED) is 0.658. The maximum absolute atomic E-state index is 12.4. The van der Waals surface area contributed by atoms with Crippen molar-refractivity contribution in [2.75, 3.05) is 19.0 Å². The van der Waals surface area contributed by atoms with E-state index in [2.05, 4.69) is 15.4 Å². The number of hydrogen-bond acceptors (Lipinski definition) is 6. The number of fused-ring (bicyclic) bond motifs is 1. The molecule has 28 heavy (non-hydrogen) atoms. The third kappa shape index (κ3) is 4.11. The molecule has 3 rings (SSSR count). The number of amides is 1. The molecule has 0 unspecified atom stereocenters. The molecule has 0 aliphatic carbocycles. The number of carbonyl (C=O) groups is 2. The van der Waals surface area contributed by atoms with Gasteiger partial charge in [-0.15, -0.1) is 0 Å². The smallest absolute Gasteiger partial charge is 0.340 e. The summed E-state index contributed by atoms with van der Waals surface area (Å²) >= 11 is 0. The Bertz CT molecular complexity index is 1030. The lowest BCUT2D eigenvalue weighted by molar-refractivity contribution is -0.119. The van der Waals surface area contributed by atoms with Crippen LogP contribution in [0.15, 0.2) is 36.5 Å². The first kappa shape index (κ1) is 19.3. The second-order valence-electron chi connectivity index (χ2n) is 6.56. The van der Waals surface area contributed by atoms with E-state index in [0.717, 1.165) is 5.39 Å². The van der Waals surface area contributed by atoms with E-state index >= 15 is 0 Å². The summed E-state index contributed by atoms with van der Waals surface area (Å²) in [6.07, 6.45) is 1.60. The molecule has 0 bridgehead atoms. The van der Waals surface area contributed by atoms with E-state index in [0.29, 0.717) is 28.3 Å². The molecule has 2 aromatic heterocycles. The van der Waals surface area contributed by atoms with Crippen molar-refractivity contribution in [1.29, 1.82) is 0 Å². The Morgan fingerprint density at radius 3 is 2.71 bits per heavy atom. The number of nitrogens with zero attached hydrogens (tertiary/aromatic N) is 3. The molecule has 8 heteroatoms. The number of aryl methyl sites for hydroxylation is 1. The summed E-state index contributed by atoms with van der Waals surface area (Å²) in [7, 11) is 1.58. The van der Waals surface area contributed by atoms with E-state index in [1.54, 1.807) is 49.2 Å². The summed E-state index contributed by atoms with van der Waals surface area (Å²) in [6, 6.07) is 8.88. The highest BCUT2D eigenvalue weighted by Gasteiger charge is 2.16. The third-order valence-electron chi connectivity index (χ3n) is 4.20. The molecule has 0 spiro atoms. The zero-order chi connectivity index (χ0) is 20.3. The number of nitrogens with one attached hydrogen (secondary N) is 1. The SMILES string of the molecule is COc1ccc2cc(C(=O)OCC(=O)Nc3ccnn3C(C)C)c(C)nc2c1. The Kier molecular flexibility index (Phi) is 5.58. The number of hydrogen-bond donors (Lipinski definition) is 1. The van der Waals surface area contributed by atoms with E-state index in [9.17, 15) is 9.59 Å². The molecule has 2 heterocycles. The van der Waals surface area contributed by atoms with Crippen molar-refractivity contribution >= 4 is 28.6 Å². The lowest BCUT2D eigenvalue weighted by atomic mass is 10.1. The minimum absolute atomic E-state index is 0.0952. The predicted octanol–water partition coefficient (Wildman–Crippen LogP) is 3.12. The van der Waals surface area contributed by atoms with Crippen molar-refractivity contribution in [3.8, 4) is 5.75 Å². The Balaban J connectivity index is 1.68. The van der Waals surface area contributed by atoms with Crippen LogP contribution < -0.4 is 10.1 Å². The summed E-state index contributed by atoms with van der Waals surface area (Å²) in [5, 5.41) is 7.61. The fourth-order valence-corrected chi connectivity index (χ4v) is 2.79. The van der Waals surface area contributed by atoms with E-state index < -0.39 is 18.5 Å². The summed E-state index contributed by atoms with van der Waals surface area (Å²) < 4.78 is 12.0. The second kappa shape index (κ2) is 8.08. The molecule has 0 atom stereocenters. The average Bonchev–Trinajstić information content (AvgIpc) is 3.13. The van der Waals surface area contributed by atoms with Gasteiger partial charge in [0.05, 0.1) is 30.1 Å². The fraction of sp³-hybridized carbons (Fsp3) is 0.300. The number of anilines is 1. The fourth-order valence-electron chi connectivity index (χ4n) is 2.79. The molecular weight excluding hydrogens is 360 g/mol. The minimum atomic E-state index is -0.602. The lowest BCUT2D eigenvalue weighted by Gasteiger charge is -2.12. The van der Waals surface area contributed by atoms with Gasteiger partial charge in [-0.2, -0.15) is 5.10 Å². The molecule has 0 saturated carbocycles. The predicted molar refractivity (Wildman–Crippen MR) is 105 cm³/mol. The number of rotatable bonds is 6. The van der Waals surface area contributed by atoms with Crippen LogP contribution in [0.5, 0.6) is 5.75 Å². The number of carbonyl (C=O) groups excluding carboxylic acids is 2. The van der Waals surface area contributed by atoms with Crippen molar-refractivity contribution in [2.24, 2.45) is 0 Å².